The molecule has 0 spiro atoms. The average molecular weight is 609 g/mol. The summed E-state index contributed by atoms with van der Waals surface area (Å²) in [5.74, 6) is 0. The number of halogens is 2. The molecule has 0 radical (unpaired) electrons. The van der Waals surface area contributed by atoms with Crippen molar-refractivity contribution in [3.63, 3.8) is 0 Å². The molecular weight excluding hydrogens is 565 g/mol. The van der Waals surface area contributed by atoms with Crippen LogP contribution in [-0.4, -0.2) is 22.6 Å². The van der Waals surface area contributed by atoms with Crippen molar-refractivity contribution < 1.29 is 44.0 Å². The third kappa shape index (κ3) is 6.87. The molecule has 2 aliphatic carbocycles. The molecule has 0 N–H and O–H groups in total. The molecule has 0 aromatic heterocycles. The Kier molecular flexibility index (Phi) is 13.2. The van der Waals surface area contributed by atoms with Gasteiger partial charge in [-0.05, 0) is 0 Å². The first kappa shape index (κ1) is 33.3. The maximum atomic E-state index is 2.66. The standard InChI is InChI=1S/C17H24P.C15H20P.2ClH.Ti/c1-5-13(3)18(14(4)6-2)17-11-15-9-7-8-10-16(15)12-17;1-11(2)16(12(3)4)15-9-13-7-5-6-8-14(13)10-15;;;/h7-14H,5-6H2,1-4H3;5-12H,1-4H3;2*1H;/q;;;;+2/p-2. The number of allylic oxidation sites excluding steroid dienone is 2. The van der Waals surface area contributed by atoms with Crippen LogP contribution < -0.4 is 24.8 Å². The fourth-order valence-corrected chi connectivity index (χ4v) is 17.3. The molecular formula is C32H44Cl2P2Ti. The van der Waals surface area contributed by atoms with Gasteiger partial charge in [-0.15, -0.1) is 0 Å². The third-order valence-corrected chi connectivity index (χ3v) is 18.6. The van der Waals surface area contributed by atoms with Gasteiger partial charge in [-0.1, -0.05) is 0 Å². The van der Waals surface area contributed by atoms with Crippen molar-refractivity contribution in [2.75, 3.05) is 0 Å². The molecule has 2 aliphatic rings. The summed E-state index contributed by atoms with van der Waals surface area (Å²) in [6, 6.07) is 18.7. The molecule has 0 saturated carbocycles. The minimum Gasteiger partial charge on any atom is -1.00 e. The largest absolute Gasteiger partial charge is 1.00 e. The molecule has 37 heavy (non-hydrogen) atoms. The van der Waals surface area contributed by atoms with Gasteiger partial charge in [0.25, 0.3) is 0 Å². The summed E-state index contributed by atoms with van der Waals surface area (Å²) in [5, 5.41) is 3.65. The van der Waals surface area contributed by atoms with Crippen molar-refractivity contribution in [3.8, 4) is 0 Å². The van der Waals surface area contributed by atoms with Gasteiger partial charge in [0.05, 0.1) is 0 Å². The van der Waals surface area contributed by atoms with Crippen LogP contribution in [0.5, 0.6) is 0 Å². The molecule has 4 rings (SSSR count). The smallest absolute Gasteiger partial charge is 1.00 e. The Morgan fingerprint density at radius 3 is 1.38 bits per heavy atom. The zero-order chi connectivity index (χ0) is 25.3. The van der Waals surface area contributed by atoms with Gasteiger partial charge in [0, 0.05) is 0 Å². The number of benzene rings is 2. The van der Waals surface area contributed by atoms with Crippen LogP contribution >= 0.6 is 15.8 Å². The second-order valence-corrected chi connectivity index (χ2v) is 19.8. The normalized spacial score (nSPS) is 20.3. The maximum absolute atomic E-state index is 2.66. The number of hydrogen-bond donors (Lipinski definition) is 0. The van der Waals surface area contributed by atoms with Gasteiger partial charge in [-0.3, -0.25) is 0 Å². The molecule has 0 bridgehead atoms. The molecule has 4 atom stereocenters. The van der Waals surface area contributed by atoms with Crippen LogP contribution in [0, 0.1) is 0 Å². The van der Waals surface area contributed by atoms with Gasteiger partial charge in [0.2, 0.25) is 0 Å². The van der Waals surface area contributed by atoms with Crippen molar-refractivity contribution in [2.45, 2.75) is 99.3 Å². The van der Waals surface area contributed by atoms with Crippen LogP contribution in [0.2, 0.25) is 0 Å². The van der Waals surface area contributed by atoms with E-state index in [1.807, 2.05) is 10.6 Å². The van der Waals surface area contributed by atoms with Crippen molar-refractivity contribution in [1.29, 1.82) is 0 Å². The average Bonchev–Trinajstić information content (AvgIpc) is 3.37. The van der Waals surface area contributed by atoms with E-state index in [0.717, 1.165) is 22.6 Å². The van der Waals surface area contributed by atoms with E-state index in [2.05, 4.69) is 116 Å². The first-order valence-electron chi connectivity index (χ1n) is 13.7. The topological polar surface area (TPSA) is 0 Å². The molecule has 0 saturated heterocycles. The quantitative estimate of drug-likeness (QED) is 0.272. The summed E-state index contributed by atoms with van der Waals surface area (Å²) < 4.78 is 1.35. The van der Waals surface area contributed by atoms with Crippen LogP contribution in [0.1, 0.15) is 98.9 Å². The molecule has 5 heteroatoms. The second-order valence-electron chi connectivity index (χ2n) is 10.9. The van der Waals surface area contributed by atoms with Gasteiger partial charge in [-0.2, -0.15) is 0 Å². The minimum absolute atomic E-state index is 0. The van der Waals surface area contributed by atoms with E-state index < -0.39 is 0 Å². The van der Waals surface area contributed by atoms with Gasteiger partial charge < -0.3 is 24.8 Å². The van der Waals surface area contributed by atoms with Crippen molar-refractivity contribution in [2.24, 2.45) is 0 Å². The fraction of sp³-hybridized carbons (Fsp3) is 0.500. The predicted molar refractivity (Wildman–Crippen MR) is 158 cm³/mol. The Morgan fingerprint density at radius 1 is 0.622 bits per heavy atom. The van der Waals surface area contributed by atoms with E-state index in [1.54, 1.807) is 11.1 Å². The van der Waals surface area contributed by atoms with E-state index in [9.17, 15) is 0 Å². The summed E-state index contributed by atoms with van der Waals surface area (Å²) in [6.07, 6.45) is 7.87. The molecule has 2 aromatic rings. The third-order valence-electron chi connectivity index (χ3n) is 7.99. The van der Waals surface area contributed by atoms with Gasteiger partial charge in [0.15, 0.2) is 0 Å². The molecule has 4 unspecified atom stereocenters. The second kappa shape index (κ2) is 14.6. The zero-order valence-corrected chi connectivity index (χ0v) is 28.7. The van der Waals surface area contributed by atoms with Crippen molar-refractivity contribution in [1.82, 2.24) is 0 Å². The van der Waals surface area contributed by atoms with Crippen LogP contribution in [-0.2, 0) is 19.2 Å². The Morgan fingerprint density at radius 2 is 1.00 bits per heavy atom. The number of fused-ring (bicyclic) bond motifs is 2. The van der Waals surface area contributed by atoms with E-state index in [4.69, 9.17) is 0 Å². The first-order chi connectivity index (χ1) is 16.8. The van der Waals surface area contributed by atoms with Crippen LogP contribution in [0.15, 0.2) is 59.2 Å². The summed E-state index contributed by atoms with van der Waals surface area (Å²) >= 11 is -0.310. The maximum Gasteiger partial charge on any atom is -1.00 e. The number of hydrogen-bond acceptors (Lipinski definition) is 0. The summed E-state index contributed by atoms with van der Waals surface area (Å²) in [5.41, 5.74) is 9.37. The molecule has 0 fully saturated rings. The molecule has 2 aromatic carbocycles. The first-order valence-corrected chi connectivity index (χ1v) is 18.5. The monoisotopic (exact) mass is 608 g/mol. The van der Waals surface area contributed by atoms with Crippen LogP contribution in [0.3, 0.4) is 0 Å². The zero-order valence-electron chi connectivity index (χ0n) is 23.8. The Bertz CT molecular complexity index is 1080. The summed E-state index contributed by atoms with van der Waals surface area (Å²) in [7, 11) is -0.269. The fourth-order valence-electron chi connectivity index (χ4n) is 6.11. The summed E-state index contributed by atoms with van der Waals surface area (Å²) in [6.45, 7) is 19.7. The molecule has 200 valence electrons. The SMILES string of the molecule is CCC(C)P(C1=Cc2ccccc2[CH]1[Ti+2][CH]1C(P(C(C)C)C(C)C)=Cc2ccccc21)C(C)CC.[Cl-].[Cl-]. The van der Waals surface area contributed by atoms with Crippen molar-refractivity contribution >= 4 is 28.0 Å². The van der Waals surface area contributed by atoms with Gasteiger partial charge in [0.1, 0.15) is 0 Å². The van der Waals surface area contributed by atoms with E-state index >= 15 is 0 Å². The van der Waals surface area contributed by atoms with E-state index in [1.165, 1.54) is 24.0 Å². The van der Waals surface area contributed by atoms with Gasteiger partial charge in [-0.25, -0.2) is 0 Å². The van der Waals surface area contributed by atoms with Crippen molar-refractivity contribution in [3.05, 3.63) is 81.4 Å². The molecule has 0 aliphatic heterocycles. The summed E-state index contributed by atoms with van der Waals surface area (Å²) in [4.78, 5) is 0. The minimum atomic E-state index is -0.310. The predicted octanol–water partition coefficient (Wildman–Crippen LogP) is 4.65. The Labute approximate surface area is 251 Å². The van der Waals surface area contributed by atoms with Gasteiger partial charge >= 0.3 is 228 Å². The van der Waals surface area contributed by atoms with E-state index in [-0.39, 0.29) is 59.8 Å². The Hall–Kier alpha value is 0.0743. The number of rotatable bonds is 10. The molecule has 0 heterocycles. The molecule has 0 nitrogen and oxygen atoms in total. The van der Waals surface area contributed by atoms with E-state index in [0.29, 0.717) is 8.45 Å². The Balaban J connectivity index is 0.00000241. The van der Waals surface area contributed by atoms with Crippen LogP contribution in [0.4, 0.5) is 0 Å². The van der Waals surface area contributed by atoms with Crippen LogP contribution in [0.25, 0.3) is 12.2 Å². The molecule has 0 amide bonds.